The Balaban J connectivity index is 2.12. The molecule has 1 N–H and O–H groups in total. The van der Waals surface area contributed by atoms with Crippen molar-refractivity contribution in [1.82, 2.24) is 5.32 Å². The van der Waals surface area contributed by atoms with Crippen LogP contribution < -0.4 is 5.32 Å². The Morgan fingerprint density at radius 2 is 2.22 bits per heavy atom. The van der Waals surface area contributed by atoms with Gasteiger partial charge in [0, 0.05) is 16.5 Å². The molecule has 0 unspecified atom stereocenters. The van der Waals surface area contributed by atoms with Crippen LogP contribution >= 0.6 is 34.7 Å². The third-order valence-electron chi connectivity index (χ3n) is 2.48. The number of halogens is 1. The van der Waals surface area contributed by atoms with Crippen molar-refractivity contribution >= 4 is 34.7 Å². The van der Waals surface area contributed by atoms with Crippen LogP contribution in [-0.4, -0.2) is 6.54 Å². The fraction of sp³-hybridized carbons (Fsp3) is 0.286. The molecule has 96 valence electrons. The van der Waals surface area contributed by atoms with E-state index in [0.29, 0.717) is 0 Å². The highest BCUT2D eigenvalue weighted by molar-refractivity contribution is 8.01. The molecule has 0 amide bonds. The van der Waals surface area contributed by atoms with Crippen LogP contribution in [-0.2, 0) is 6.54 Å². The second kappa shape index (κ2) is 7.19. The molecule has 0 bridgehead atoms. The average Bonchev–Trinajstić information content (AvgIpc) is 2.85. The molecule has 18 heavy (non-hydrogen) atoms. The van der Waals surface area contributed by atoms with Crippen LogP contribution in [0.15, 0.2) is 44.8 Å². The largest absolute Gasteiger partial charge is 0.313 e. The summed E-state index contributed by atoms with van der Waals surface area (Å²) in [5, 5.41) is 6.34. The minimum Gasteiger partial charge on any atom is -0.313 e. The zero-order valence-electron chi connectivity index (χ0n) is 10.3. The van der Waals surface area contributed by atoms with E-state index in [1.807, 2.05) is 6.07 Å². The lowest BCUT2D eigenvalue weighted by Crippen LogP contribution is -2.14. The Kier molecular flexibility index (Phi) is 5.57. The molecule has 0 spiro atoms. The second-order valence-corrected chi connectivity index (χ2v) is 6.69. The summed E-state index contributed by atoms with van der Waals surface area (Å²) in [4.78, 5) is 1.24. The van der Waals surface area contributed by atoms with Gasteiger partial charge < -0.3 is 5.32 Å². The number of benzene rings is 1. The van der Waals surface area contributed by atoms with Gasteiger partial charge in [-0.3, -0.25) is 0 Å². The van der Waals surface area contributed by atoms with Gasteiger partial charge in [-0.2, -0.15) is 0 Å². The van der Waals surface area contributed by atoms with Crippen LogP contribution in [0.2, 0.25) is 5.02 Å². The first kappa shape index (κ1) is 13.9. The van der Waals surface area contributed by atoms with E-state index in [1.165, 1.54) is 14.7 Å². The molecule has 0 atom stereocenters. The van der Waals surface area contributed by atoms with Crippen molar-refractivity contribution in [2.45, 2.75) is 29.0 Å². The van der Waals surface area contributed by atoms with Crippen LogP contribution in [0.1, 0.15) is 18.9 Å². The van der Waals surface area contributed by atoms with Gasteiger partial charge in [0.2, 0.25) is 0 Å². The third-order valence-corrected chi connectivity index (χ3v) is 4.85. The van der Waals surface area contributed by atoms with E-state index in [2.05, 4.69) is 41.9 Å². The van der Waals surface area contributed by atoms with Crippen LogP contribution in [0, 0.1) is 0 Å². The topological polar surface area (TPSA) is 12.0 Å². The summed E-state index contributed by atoms with van der Waals surface area (Å²) in [6.45, 7) is 4.13. The highest BCUT2D eigenvalue weighted by Crippen LogP contribution is 2.35. The van der Waals surface area contributed by atoms with E-state index in [4.69, 9.17) is 11.6 Å². The molecule has 1 aromatic carbocycles. The lowest BCUT2D eigenvalue weighted by molar-refractivity contribution is 0.669. The molecule has 1 aromatic heterocycles. The fourth-order valence-electron chi connectivity index (χ4n) is 1.60. The van der Waals surface area contributed by atoms with Crippen molar-refractivity contribution in [3.05, 3.63) is 46.3 Å². The number of thiophene rings is 1. The van der Waals surface area contributed by atoms with Gasteiger partial charge in [-0.25, -0.2) is 0 Å². The molecule has 0 saturated carbocycles. The van der Waals surface area contributed by atoms with E-state index >= 15 is 0 Å². The summed E-state index contributed by atoms with van der Waals surface area (Å²) in [5.74, 6) is 0. The van der Waals surface area contributed by atoms with Crippen molar-refractivity contribution in [1.29, 1.82) is 0 Å². The first-order valence-electron chi connectivity index (χ1n) is 6.00. The standard InChI is InChI=1S/C14H16ClNS2/c1-2-7-16-10-11-5-6-12(15)9-13(11)18-14-4-3-8-17-14/h3-6,8-9,16H,2,7,10H2,1H3. The van der Waals surface area contributed by atoms with Gasteiger partial charge in [0.05, 0.1) is 4.21 Å². The number of rotatable bonds is 6. The third kappa shape index (κ3) is 4.02. The zero-order valence-corrected chi connectivity index (χ0v) is 12.7. The molecule has 0 saturated heterocycles. The van der Waals surface area contributed by atoms with Gasteiger partial charge in [-0.15, -0.1) is 11.3 Å². The lowest BCUT2D eigenvalue weighted by Gasteiger charge is -2.09. The van der Waals surface area contributed by atoms with Gasteiger partial charge in [0.1, 0.15) is 0 Å². The smallest absolute Gasteiger partial charge is 0.0646 e. The van der Waals surface area contributed by atoms with E-state index in [-0.39, 0.29) is 0 Å². The Morgan fingerprint density at radius 3 is 2.94 bits per heavy atom. The monoisotopic (exact) mass is 297 g/mol. The Morgan fingerprint density at radius 1 is 1.33 bits per heavy atom. The van der Waals surface area contributed by atoms with Crippen molar-refractivity contribution in [3.63, 3.8) is 0 Å². The molecule has 0 aliphatic heterocycles. The maximum absolute atomic E-state index is 6.09. The van der Waals surface area contributed by atoms with Crippen LogP contribution in [0.5, 0.6) is 0 Å². The van der Waals surface area contributed by atoms with Crippen LogP contribution in [0.4, 0.5) is 0 Å². The minimum atomic E-state index is 0.799. The van der Waals surface area contributed by atoms with Gasteiger partial charge in [-0.05, 0) is 42.1 Å². The van der Waals surface area contributed by atoms with Gasteiger partial charge >= 0.3 is 0 Å². The summed E-state index contributed by atoms with van der Waals surface area (Å²) in [7, 11) is 0. The fourth-order valence-corrected chi connectivity index (χ4v) is 3.73. The maximum Gasteiger partial charge on any atom is 0.0646 e. The quantitative estimate of drug-likeness (QED) is 0.749. The Hall–Kier alpha value is -0.480. The lowest BCUT2D eigenvalue weighted by atomic mass is 10.2. The molecule has 4 heteroatoms. The van der Waals surface area contributed by atoms with Gasteiger partial charge in [-0.1, -0.05) is 42.4 Å². The normalized spacial score (nSPS) is 10.8. The molecule has 1 nitrogen and oxygen atoms in total. The highest BCUT2D eigenvalue weighted by Gasteiger charge is 2.06. The Labute approximate surface area is 122 Å². The predicted molar refractivity (Wildman–Crippen MR) is 81.9 cm³/mol. The average molecular weight is 298 g/mol. The summed E-state index contributed by atoms with van der Waals surface area (Å²) >= 11 is 9.64. The minimum absolute atomic E-state index is 0.799. The number of hydrogen-bond acceptors (Lipinski definition) is 3. The van der Waals surface area contributed by atoms with E-state index in [0.717, 1.165) is 24.5 Å². The van der Waals surface area contributed by atoms with Crippen LogP contribution in [0.3, 0.4) is 0 Å². The molecular formula is C14H16ClNS2. The van der Waals surface area contributed by atoms with Crippen molar-refractivity contribution in [2.75, 3.05) is 6.54 Å². The van der Waals surface area contributed by atoms with Crippen molar-refractivity contribution < 1.29 is 0 Å². The van der Waals surface area contributed by atoms with Crippen molar-refractivity contribution in [2.24, 2.45) is 0 Å². The van der Waals surface area contributed by atoms with E-state index in [9.17, 15) is 0 Å². The Bertz CT molecular complexity index is 483. The predicted octanol–water partition coefficient (Wildman–Crippen LogP) is 5.05. The summed E-state index contributed by atoms with van der Waals surface area (Å²) in [6, 6.07) is 10.3. The molecule has 0 fully saturated rings. The van der Waals surface area contributed by atoms with Crippen LogP contribution in [0.25, 0.3) is 0 Å². The maximum atomic E-state index is 6.09. The molecule has 0 aliphatic carbocycles. The second-order valence-electron chi connectivity index (χ2n) is 3.96. The first-order valence-corrected chi connectivity index (χ1v) is 8.07. The number of hydrogen-bond donors (Lipinski definition) is 1. The molecule has 1 heterocycles. The van der Waals surface area contributed by atoms with Crippen molar-refractivity contribution in [3.8, 4) is 0 Å². The number of nitrogens with one attached hydrogen (secondary N) is 1. The molecular weight excluding hydrogens is 282 g/mol. The summed E-state index contributed by atoms with van der Waals surface area (Å²) in [6.07, 6.45) is 1.15. The first-order chi connectivity index (χ1) is 8.79. The molecule has 0 aliphatic rings. The van der Waals surface area contributed by atoms with Gasteiger partial charge in [0.15, 0.2) is 0 Å². The molecule has 2 rings (SSSR count). The molecule has 2 aromatic rings. The van der Waals surface area contributed by atoms with E-state index < -0.39 is 0 Å². The molecule has 0 radical (unpaired) electrons. The highest BCUT2D eigenvalue weighted by atomic mass is 35.5. The summed E-state index contributed by atoms with van der Waals surface area (Å²) < 4.78 is 1.30. The zero-order chi connectivity index (χ0) is 12.8. The SMILES string of the molecule is CCCNCc1ccc(Cl)cc1Sc1cccs1. The van der Waals surface area contributed by atoms with E-state index in [1.54, 1.807) is 23.1 Å². The summed E-state index contributed by atoms with van der Waals surface area (Å²) in [5.41, 5.74) is 1.31. The van der Waals surface area contributed by atoms with Gasteiger partial charge in [0.25, 0.3) is 0 Å².